The molecule has 16 heavy (non-hydrogen) atoms. The quantitative estimate of drug-likeness (QED) is 0.585. The van der Waals surface area contributed by atoms with Crippen molar-refractivity contribution in [3.8, 4) is 0 Å². The molecule has 1 aromatic heterocycles. The van der Waals surface area contributed by atoms with Crippen molar-refractivity contribution < 1.29 is 4.79 Å². The van der Waals surface area contributed by atoms with Crippen LogP contribution in [0.15, 0.2) is 12.1 Å². The van der Waals surface area contributed by atoms with Crippen LogP contribution < -0.4 is 22.5 Å². The third-order valence-corrected chi connectivity index (χ3v) is 2.04. The van der Waals surface area contributed by atoms with Crippen molar-refractivity contribution in [2.24, 2.45) is 5.73 Å². The lowest BCUT2D eigenvalue weighted by Gasteiger charge is -2.25. The molecule has 0 fully saturated rings. The number of nitrogens with zero attached hydrogens (tertiary/aromatic N) is 1. The zero-order chi connectivity index (χ0) is 12.3. The highest BCUT2D eigenvalue weighted by molar-refractivity contribution is 5.75. The largest absolute Gasteiger partial charge is 0.396 e. The summed E-state index contributed by atoms with van der Waals surface area (Å²) in [4.78, 5) is 14.9. The molecular weight excluding hydrogens is 206 g/mol. The Morgan fingerprint density at radius 3 is 2.56 bits per heavy atom. The molecule has 0 aliphatic carbocycles. The minimum absolute atomic E-state index is 0.207. The molecule has 0 unspecified atom stereocenters. The van der Waals surface area contributed by atoms with Gasteiger partial charge in [-0.05, 0) is 26.0 Å². The van der Waals surface area contributed by atoms with Gasteiger partial charge >= 0.3 is 0 Å². The van der Waals surface area contributed by atoms with Crippen LogP contribution in [0.4, 0.5) is 17.3 Å². The van der Waals surface area contributed by atoms with Gasteiger partial charge < -0.3 is 22.5 Å². The van der Waals surface area contributed by atoms with E-state index in [0.29, 0.717) is 11.5 Å². The Morgan fingerprint density at radius 2 is 2.06 bits per heavy atom. The highest BCUT2D eigenvalue weighted by Gasteiger charge is 2.20. The first-order valence-corrected chi connectivity index (χ1v) is 4.89. The first-order chi connectivity index (χ1) is 7.30. The van der Waals surface area contributed by atoms with Gasteiger partial charge in [0.1, 0.15) is 11.6 Å². The molecule has 1 amide bonds. The fourth-order valence-electron chi connectivity index (χ4n) is 1.38. The van der Waals surface area contributed by atoms with Gasteiger partial charge in [-0.3, -0.25) is 4.79 Å². The summed E-state index contributed by atoms with van der Waals surface area (Å²) in [6.45, 7) is 3.71. The second-order valence-electron chi connectivity index (χ2n) is 4.32. The molecular formula is C10H17N5O. The molecule has 0 atom stereocenters. The summed E-state index contributed by atoms with van der Waals surface area (Å²) in [6, 6.07) is 3.36. The molecule has 0 aliphatic rings. The summed E-state index contributed by atoms with van der Waals surface area (Å²) in [5, 5.41) is 3.07. The first-order valence-electron chi connectivity index (χ1n) is 4.89. The van der Waals surface area contributed by atoms with Crippen LogP contribution in [0.5, 0.6) is 0 Å². The van der Waals surface area contributed by atoms with Crippen LogP contribution in [0.2, 0.25) is 0 Å². The molecule has 0 saturated carbocycles. The number of nitrogens with two attached hydrogens (primary N) is 3. The number of rotatable bonds is 4. The maximum atomic E-state index is 10.8. The smallest absolute Gasteiger partial charge is 0.219 e. The fourth-order valence-corrected chi connectivity index (χ4v) is 1.38. The molecule has 6 nitrogen and oxygen atoms in total. The van der Waals surface area contributed by atoms with Crippen LogP contribution in [0.25, 0.3) is 0 Å². The number of amides is 1. The number of aromatic nitrogens is 1. The monoisotopic (exact) mass is 223 g/mol. The van der Waals surface area contributed by atoms with Gasteiger partial charge in [0, 0.05) is 12.0 Å². The van der Waals surface area contributed by atoms with E-state index < -0.39 is 5.54 Å². The average Bonchev–Trinajstić information content (AvgIpc) is 2.08. The number of primary amides is 1. The van der Waals surface area contributed by atoms with Crippen LogP contribution in [-0.2, 0) is 4.79 Å². The average molecular weight is 223 g/mol. The third kappa shape index (κ3) is 3.30. The van der Waals surface area contributed by atoms with E-state index in [4.69, 9.17) is 17.2 Å². The molecule has 6 heteroatoms. The molecule has 0 aromatic carbocycles. The number of hydrogen-bond acceptors (Lipinski definition) is 5. The number of pyridine rings is 1. The predicted octanol–water partition coefficient (Wildman–Crippen LogP) is 0.312. The number of carbonyl (C=O) groups excluding carboxylic acids is 1. The van der Waals surface area contributed by atoms with Gasteiger partial charge in [0.05, 0.1) is 5.69 Å². The Hall–Kier alpha value is -1.98. The summed E-state index contributed by atoms with van der Waals surface area (Å²) in [5.74, 6) is 0.457. The van der Waals surface area contributed by atoms with E-state index in [9.17, 15) is 4.79 Å². The van der Waals surface area contributed by atoms with Crippen molar-refractivity contribution in [1.82, 2.24) is 4.98 Å². The number of nitrogens with one attached hydrogen (secondary N) is 1. The van der Waals surface area contributed by atoms with E-state index in [0.717, 1.165) is 0 Å². The Bertz CT molecular complexity index is 402. The van der Waals surface area contributed by atoms with Crippen molar-refractivity contribution in [3.05, 3.63) is 12.1 Å². The zero-order valence-corrected chi connectivity index (χ0v) is 9.45. The van der Waals surface area contributed by atoms with E-state index in [-0.39, 0.29) is 18.1 Å². The fraction of sp³-hybridized carbons (Fsp3) is 0.400. The molecule has 1 aromatic rings. The van der Waals surface area contributed by atoms with E-state index in [1.54, 1.807) is 12.1 Å². The van der Waals surface area contributed by atoms with Crippen LogP contribution in [0, 0.1) is 0 Å². The van der Waals surface area contributed by atoms with Gasteiger partial charge in [-0.15, -0.1) is 0 Å². The summed E-state index contributed by atoms with van der Waals surface area (Å²) < 4.78 is 0. The van der Waals surface area contributed by atoms with Gasteiger partial charge in [-0.25, -0.2) is 4.98 Å². The highest BCUT2D eigenvalue weighted by Crippen LogP contribution is 2.19. The number of carbonyl (C=O) groups is 1. The molecule has 0 spiro atoms. The number of nitrogen functional groups attached to an aromatic ring is 2. The molecule has 0 saturated heterocycles. The minimum atomic E-state index is -0.471. The Labute approximate surface area is 94.2 Å². The SMILES string of the molecule is CC(C)(CC(N)=O)Nc1ccc(N)c(N)n1. The third-order valence-electron chi connectivity index (χ3n) is 2.04. The van der Waals surface area contributed by atoms with Crippen LogP contribution >= 0.6 is 0 Å². The molecule has 1 rings (SSSR count). The molecule has 0 bridgehead atoms. The summed E-state index contributed by atoms with van der Waals surface area (Å²) in [7, 11) is 0. The number of anilines is 3. The van der Waals surface area contributed by atoms with Crippen molar-refractivity contribution in [1.29, 1.82) is 0 Å². The molecule has 0 radical (unpaired) electrons. The zero-order valence-electron chi connectivity index (χ0n) is 9.45. The standard InChI is InChI=1S/C10H17N5O/c1-10(2,5-7(12)16)15-8-4-3-6(11)9(13)14-8/h3-4H,5,11H2,1-2H3,(H2,12,16)(H3,13,14,15). The van der Waals surface area contributed by atoms with E-state index in [1.807, 2.05) is 13.8 Å². The van der Waals surface area contributed by atoms with Crippen molar-refractivity contribution >= 4 is 23.2 Å². The normalized spacial score (nSPS) is 11.1. The maximum absolute atomic E-state index is 10.8. The Kier molecular flexibility index (Phi) is 3.22. The lowest BCUT2D eigenvalue weighted by Crippen LogP contribution is -2.36. The summed E-state index contributed by atoms with van der Waals surface area (Å²) in [6.07, 6.45) is 0.207. The molecule has 1 heterocycles. The Morgan fingerprint density at radius 1 is 1.44 bits per heavy atom. The molecule has 7 N–H and O–H groups in total. The van der Waals surface area contributed by atoms with Crippen LogP contribution in [0.1, 0.15) is 20.3 Å². The topological polar surface area (TPSA) is 120 Å². The highest BCUT2D eigenvalue weighted by atomic mass is 16.1. The van der Waals surface area contributed by atoms with Crippen LogP contribution in [0.3, 0.4) is 0 Å². The van der Waals surface area contributed by atoms with E-state index >= 15 is 0 Å². The minimum Gasteiger partial charge on any atom is -0.396 e. The summed E-state index contributed by atoms with van der Waals surface area (Å²) >= 11 is 0. The van der Waals surface area contributed by atoms with Crippen molar-refractivity contribution in [2.75, 3.05) is 16.8 Å². The van der Waals surface area contributed by atoms with E-state index in [2.05, 4.69) is 10.3 Å². The Balaban J connectivity index is 2.79. The lowest BCUT2D eigenvalue weighted by atomic mass is 10.0. The summed E-state index contributed by atoms with van der Waals surface area (Å²) in [5.41, 5.74) is 16.2. The lowest BCUT2D eigenvalue weighted by molar-refractivity contribution is -0.118. The second kappa shape index (κ2) is 4.26. The van der Waals surface area contributed by atoms with Gasteiger partial charge in [0.25, 0.3) is 0 Å². The van der Waals surface area contributed by atoms with Crippen molar-refractivity contribution in [3.63, 3.8) is 0 Å². The van der Waals surface area contributed by atoms with Gasteiger partial charge in [0.15, 0.2) is 0 Å². The van der Waals surface area contributed by atoms with Gasteiger partial charge in [-0.1, -0.05) is 0 Å². The van der Waals surface area contributed by atoms with Crippen molar-refractivity contribution in [2.45, 2.75) is 25.8 Å². The van der Waals surface area contributed by atoms with Crippen LogP contribution in [-0.4, -0.2) is 16.4 Å². The molecule has 0 aliphatic heterocycles. The number of hydrogen-bond donors (Lipinski definition) is 4. The molecule has 88 valence electrons. The maximum Gasteiger partial charge on any atom is 0.219 e. The van der Waals surface area contributed by atoms with Gasteiger partial charge in [0.2, 0.25) is 5.91 Å². The van der Waals surface area contributed by atoms with Gasteiger partial charge in [-0.2, -0.15) is 0 Å². The van der Waals surface area contributed by atoms with E-state index in [1.165, 1.54) is 0 Å². The predicted molar refractivity (Wildman–Crippen MR) is 64.6 cm³/mol. The first kappa shape index (κ1) is 12.1. The second-order valence-corrected chi connectivity index (χ2v) is 4.32.